The van der Waals surface area contributed by atoms with Crippen molar-refractivity contribution >= 4 is 34.8 Å². The molecule has 3 aromatic rings. The van der Waals surface area contributed by atoms with Gasteiger partial charge < -0.3 is 10.6 Å². The molecule has 140 valence electrons. The van der Waals surface area contributed by atoms with Gasteiger partial charge in [-0.05, 0) is 48.2 Å². The standard InChI is InChI=1S/C23H19ClN2O2/c24-19-11-5-4-10-16(19)17-14-18(17)23(28)26-21-13-7-6-12-20(21)25-22(27)15-8-2-1-3-9-15/h1-13,17-18H,14H2,(H,25,27)(H,26,28). The minimum atomic E-state index is -0.220. The number of benzene rings is 3. The van der Waals surface area contributed by atoms with Crippen LogP contribution in [0.1, 0.15) is 28.3 Å². The summed E-state index contributed by atoms with van der Waals surface area (Å²) < 4.78 is 0. The maximum absolute atomic E-state index is 12.7. The van der Waals surface area contributed by atoms with Gasteiger partial charge in [-0.1, -0.05) is 60.1 Å². The summed E-state index contributed by atoms with van der Waals surface area (Å²) in [6.45, 7) is 0. The van der Waals surface area contributed by atoms with Gasteiger partial charge in [-0.25, -0.2) is 0 Å². The first-order chi connectivity index (χ1) is 13.6. The smallest absolute Gasteiger partial charge is 0.255 e. The largest absolute Gasteiger partial charge is 0.324 e. The fourth-order valence-electron chi connectivity index (χ4n) is 3.31. The molecule has 1 saturated carbocycles. The number of anilines is 2. The highest BCUT2D eigenvalue weighted by Crippen LogP contribution is 2.50. The van der Waals surface area contributed by atoms with Gasteiger partial charge in [0.15, 0.2) is 0 Å². The predicted molar refractivity (Wildman–Crippen MR) is 112 cm³/mol. The van der Waals surface area contributed by atoms with Gasteiger partial charge in [-0.2, -0.15) is 0 Å². The van der Waals surface area contributed by atoms with Gasteiger partial charge in [0.1, 0.15) is 0 Å². The fraction of sp³-hybridized carbons (Fsp3) is 0.130. The zero-order valence-corrected chi connectivity index (χ0v) is 15.8. The van der Waals surface area contributed by atoms with Crippen molar-refractivity contribution in [2.24, 2.45) is 5.92 Å². The van der Waals surface area contributed by atoms with Crippen LogP contribution in [0.15, 0.2) is 78.9 Å². The molecule has 4 rings (SSSR count). The highest BCUT2D eigenvalue weighted by atomic mass is 35.5. The van der Waals surface area contributed by atoms with Crippen LogP contribution in [-0.4, -0.2) is 11.8 Å². The second-order valence-corrected chi connectivity index (χ2v) is 7.23. The molecule has 2 unspecified atom stereocenters. The number of amides is 2. The normalized spacial score (nSPS) is 17.6. The Bertz CT molecular complexity index is 1020. The van der Waals surface area contributed by atoms with Gasteiger partial charge in [-0.15, -0.1) is 0 Å². The molecule has 0 radical (unpaired) electrons. The molecule has 0 bridgehead atoms. The van der Waals surface area contributed by atoms with Gasteiger partial charge in [0.05, 0.1) is 11.4 Å². The average Bonchev–Trinajstić information content (AvgIpc) is 3.51. The minimum absolute atomic E-state index is 0.0636. The number of hydrogen-bond acceptors (Lipinski definition) is 2. The van der Waals surface area contributed by atoms with Crippen molar-refractivity contribution in [3.8, 4) is 0 Å². The zero-order chi connectivity index (χ0) is 19.5. The van der Waals surface area contributed by atoms with Gasteiger partial charge in [0.2, 0.25) is 5.91 Å². The molecule has 0 heterocycles. The molecule has 28 heavy (non-hydrogen) atoms. The number of hydrogen-bond donors (Lipinski definition) is 2. The van der Waals surface area contributed by atoms with Crippen LogP contribution in [0.25, 0.3) is 0 Å². The van der Waals surface area contributed by atoms with Crippen molar-refractivity contribution in [1.82, 2.24) is 0 Å². The van der Waals surface area contributed by atoms with E-state index < -0.39 is 0 Å². The summed E-state index contributed by atoms with van der Waals surface area (Å²) in [7, 11) is 0. The molecule has 0 saturated heterocycles. The van der Waals surface area contributed by atoms with E-state index in [9.17, 15) is 9.59 Å². The summed E-state index contributed by atoms with van der Waals surface area (Å²) >= 11 is 6.25. The monoisotopic (exact) mass is 390 g/mol. The number of carbonyl (C=O) groups excluding carboxylic acids is 2. The van der Waals surface area contributed by atoms with Crippen LogP contribution < -0.4 is 10.6 Å². The lowest BCUT2D eigenvalue weighted by molar-refractivity contribution is -0.117. The molecule has 1 aliphatic rings. The Morgan fingerprint density at radius 2 is 1.39 bits per heavy atom. The van der Waals surface area contributed by atoms with E-state index in [0.29, 0.717) is 22.0 Å². The maximum Gasteiger partial charge on any atom is 0.255 e. The third-order valence-corrected chi connectivity index (χ3v) is 5.25. The van der Waals surface area contributed by atoms with E-state index in [2.05, 4.69) is 10.6 Å². The van der Waals surface area contributed by atoms with Crippen molar-refractivity contribution in [3.63, 3.8) is 0 Å². The van der Waals surface area contributed by atoms with Crippen LogP contribution in [0.2, 0.25) is 5.02 Å². The van der Waals surface area contributed by atoms with Crippen molar-refractivity contribution in [3.05, 3.63) is 95.0 Å². The topological polar surface area (TPSA) is 58.2 Å². The number of halogens is 1. The second kappa shape index (κ2) is 7.87. The molecular weight excluding hydrogens is 372 g/mol. The summed E-state index contributed by atoms with van der Waals surface area (Å²) in [6.07, 6.45) is 0.772. The molecule has 5 heteroatoms. The molecule has 0 spiro atoms. The van der Waals surface area contributed by atoms with Crippen LogP contribution in [0, 0.1) is 5.92 Å². The Labute approximate surface area is 168 Å². The van der Waals surface area contributed by atoms with E-state index in [4.69, 9.17) is 11.6 Å². The van der Waals surface area contributed by atoms with Crippen LogP contribution in [0.4, 0.5) is 11.4 Å². The van der Waals surface area contributed by atoms with E-state index in [1.54, 1.807) is 24.3 Å². The molecule has 4 nitrogen and oxygen atoms in total. The quantitative estimate of drug-likeness (QED) is 0.618. The molecule has 1 fully saturated rings. The Balaban J connectivity index is 1.45. The Morgan fingerprint density at radius 3 is 2.11 bits per heavy atom. The van der Waals surface area contributed by atoms with Crippen LogP contribution in [0.5, 0.6) is 0 Å². The number of rotatable bonds is 5. The third kappa shape index (κ3) is 3.92. The summed E-state index contributed by atoms with van der Waals surface area (Å²) in [4.78, 5) is 25.1. The van der Waals surface area contributed by atoms with Gasteiger partial charge >= 0.3 is 0 Å². The van der Waals surface area contributed by atoms with Crippen LogP contribution in [0.3, 0.4) is 0 Å². The predicted octanol–water partition coefficient (Wildman–Crippen LogP) is 5.33. The summed E-state index contributed by atoms with van der Waals surface area (Å²) in [6, 6.07) is 23.8. The van der Waals surface area contributed by atoms with E-state index in [0.717, 1.165) is 12.0 Å². The molecule has 1 aliphatic carbocycles. The van der Waals surface area contributed by atoms with E-state index >= 15 is 0 Å². The van der Waals surface area contributed by atoms with Crippen LogP contribution in [-0.2, 0) is 4.79 Å². The number of nitrogens with one attached hydrogen (secondary N) is 2. The average molecular weight is 391 g/mol. The first-order valence-electron chi connectivity index (χ1n) is 9.14. The Hall–Kier alpha value is -3.11. The minimum Gasteiger partial charge on any atom is -0.324 e. The lowest BCUT2D eigenvalue weighted by atomic mass is 10.1. The molecule has 0 aromatic heterocycles. The Kier molecular flexibility index (Phi) is 5.13. The lowest BCUT2D eigenvalue weighted by Crippen LogP contribution is -2.18. The highest BCUT2D eigenvalue weighted by molar-refractivity contribution is 6.31. The van der Waals surface area contributed by atoms with E-state index in [1.165, 1.54) is 0 Å². The molecule has 0 aliphatic heterocycles. The van der Waals surface area contributed by atoms with Crippen molar-refractivity contribution in [2.45, 2.75) is 12.3 Å². The zero-order valence-electron chi connectivity index (χ0n) is 15.1. The van der Waals surface area contributed by atoms with Gasteiger partial charge in [0.25, 0.3) is 5.91 Å². The second-order valence-electron chi connectivity index (χ2n) is 6.83. The third-order valence-electron chi connectivity index (χ3n) is 4.90. The first kappa shape index (κ1) is 18.3. The van der Waals surface area contributed by atoms with Gasteiger partial charge in [0, 0.05) is 16.5 Å². The maximum atomic E-state index is 12.7. The Morgan fingerprint density at radius 1 is 0.786 bits per heavy atom. The summed E-state index contributed by atoms with van der Waals surface area (Å²) in [5.41, 5.74) is 2.72. The van der Waals surface area contributed by atoms with E-state index in [-0.39, 0.29) is 23.7 Å². The fourth-order valence-corrected chi connectivity index (χ4v) is 3.59. The lowest BCUT2D eigenvalue weighted by Gasteiger charge is -2.12. The number of carbonyl (C=O) groups is 2. The van der Waals surface area contributed by atoms with Crippen molar-refractivity contribution in [2.75, 3.05) is 10.6 Å². The summed E-state index contributed by atoms with van der Waals surface area (Å²) in [5.74, 6) is -0.258. The van der Waals surface area contributed by atoms with E-state index in [1.807, 2.05) is 54.6 Å². The molecule has 2 amide bonds. The molecule has 2 atom stereocenters. The highest BCUT2D eigenvalue weighted by Gasteiger charge is 2.44. The first-order valence-corrected chi connectivity index (χ1v) is 9.52. The van der Waals surface area contributed by atoms with Crippen molar-refractivity contribution in [1.29, 1.82) is 0 Å². The molecule has 2 N–H and O–H groups in total. The molecule has 3 aromatic carbocycles. The van der Waals surface area contributed by atoms with Crippen molar-refractivity contribution < 1.29 is 9.59 Å². The summed E-state index contributed by atoms with van der Waals surface area (Å²) in [5, 5.41) is 6.51. The molecular formula is C23H19ClN2O2. The SMILES string of the molecule is O=C(Nc1ccccc1NC(=O)C1CC1c1ccccc1Cl)c1ccccc1. The van der Waals surface area contributed by atoms with Gasteiger partial charge in [-0.3, -0.25) is 9.59 Å². The van der Waals surface area contributed by atoms with Crippen LogP contribution >= 0.6 is 11.6 Å². The number of para-hydroxylation sites is 2.